The lowest BCUT2D eigenvalue weighted by Crippen LogP contribution is -2.42. The third kappa shape index (κ3) is 4.91. The number of aryl methyl sites for hydroxylation is 1. The zero-order valence-electron chi connectivity index (χ0n) is 12.6. The highest BCUT2D eigenvalue weighted by atomic mass is 16.5. The molecule has 2 heterocycles. The van der Waals surface area contributed by atoms with Gasteiger partial charge in [-0.15, -0.1) is 0 Å². The number of hydrogen-bond acceptors (Lipinski definition) is 5. The van der Waals surface area contributed by atoms with Gasteiger partial charge < -0.3 is 9.84 Å². The molecule has 0 aliphatic carbocycles. The average Bonchev–Trinajstić information content (AvgIpc) is 2.73. The molecule has 1 N–H and O–H groups in total. The van der Waals surface area contributed by atoms with Crippen LogP contribution in [0.4, 0.5) is 0 Å². The molecule has 108 valence electrons. The lowest BCUT2D eigenvalue weighted by Gasteiger charge is -2.33. The van der Waals surface area contributed by atoms with E-state index in [-0.39, 0.29) is 5.54 Å². The highest BCUT2D eigenvalue weighted by Crippen LogP contribution is 2.18. The molecule has 1 aromatic rings. The van der Waals surface area contributed by atoms with Crippen LogP contribution in [0.3, 0.4) is 0 Å². The molecule has 0 unspecified atom stereocenters. The molecule has 1 aromatic heterocycles. The Bertz CT molecular complexity index is 388. The first kappa shape index (κ1) is 14.5. The highest BCUT2D eigenvalue weighted by Gasteiger charge is 2.21. The maximum absolute atomic E-state index is 5.01. The summed E-state index contributed by atoms with van der Waals surface area (Å²) >= 11 is 0. The fourth-order valence-electron chi connectivity index (χ4n) is 2.40. The van der Waals surface area contributed by atoms with E-state index in [1.54, 1.807) is 0 Å². The maximum Gasteiger partial charge on any atom is 0.223 e. The van der Waals surface area contributed by atoms with E-state index in [9.17, 15) is 0 Å². The van der Waals surface area contributed by atoms with E-state index >= 15 is 0 Å². The molecule has 0 amide bonds. The summed E-state index contributed by atoms with van der Waals surface area (Å²) in [4.78, 5) is 6.68. The summed E-state index contributed by atoms with van der Waals surface area (Å²) in [5.74, 6) is 2.26. The summed E-state index contributed by atoms with van der Waals surface area (Å²) in [6.07, 6.45) is 2.50. The number of rotatable bonds is 4. The van der Waals surface area contributed by atoms with Crippen LogP contribution in [0.15, 0.2) is 4.52 Å². The molecule has 1 fully saturated rings. The zero-order valence-corrected chi connectivity index (χ0v) is 12.6. The third-order valence-corrected chi connectivity index (χ3v) is 3.56. The van der Waals surface area contributed by atoms with Crippen molar-refractivity contribution in [1.82, 2.24) is 20.4 Å². The predicted octanol–water partition coefficient (Wildman–Crippen LogP) is 1.98. The molecule has 0 aromatic carbocycles. The Balaban J connectivity index is 1.70. The van der Waals surface area contributed by atoms with Crippen LogP contribution < -0.4 is 5.32 Å². The topological polar surface area (TPSA) is 54.2 Å². The van der Waals surface area contributed by atoms with Gasteiger partial charge in [-0.05, 0) is 59.2 Å². The van der Waals surface area contributed by atoms with E-state index in [0.29, 0.717) is 5.89 Å². The van der Waals surface area contributed by atoms with Gasteiger partial charge in [0.1, 0.15) is 0 Å². The number of hydrogen-bond donors (Lipinski definition) is 1. The molecule has 2 rings (SSSR count). The van der Waals surface area contributed by atoms with Gasteiger partial charge in [0, 0.05) is 12.5 Å². The van der Waals surface area contributed by atoms with E-state index in [0.717, 1.165) is 37.9 Å². The lowest BCUT2D eigenvalue weighted by molar-refractivity contribution is 0.165. The van der Waals surface area contributed by atoms with E-state index in [1.165, 1.54) is 12.8 Å². The normalized spacial score (nSPS) is 18.9. The first-order valence-electron chi connectivity index (χ1n) is 7.19. The molecule has 19 heavy (non-hydrogen) atoms. The summed E-state index contributed by atoms with van der Waals surface area (Å²) < 4.78 is 5.01. The van der Waals surface area contributed by atoms with E-state index in [1.807, 2.05) is 6.92 Å². The predicted molar refractivity (Wildman–Crippen MR) is 74.8 cm³/mol. The summed E-state index contributed by atoms with van der Waals surface area (Å²) in [6.45, 7) is 12.7. The van der Waals surface area contributed by atoms with Crippen molar-refractivity contribution in [3.05, 3.63) is 11.7 Å². The molecule has 0 atom stereocenters. The van der Waals surface area contributed by atoms with Crippen molar-refractivity contribution in [2.45, 2.75) is 52.6 Å². The number of piperidine rings is 1. The number of aromatic nitrogens is 2. The van der Waals surface area contributed by atoms with Gasteiger partial charge in [0.25, 0.3) is 0 Å². The van der Waals surface area contributed by atoms with E-state index in [2.05, 4.69) is 41.1 Å². The van der Waals surface area contributed by atoms with Crippen molar-refractivity contribution in [3.63, 3.8) is 0 Å². The monoisotopic (exact) mass is 266 g/mol. The third-order valence-electron chi connectivity index (χ3n) is 3.56. The highest BCUT2D eigenvalue weighted by molar-refractivity contribution is 4.86. The molecule has 5 nitrogen and oxygen atoms in total. The fraction of sp³-hybridized carbons (Fsp3) is 0.857. The van der Waals surface area contributed by atoms with Crippen LogP contribution in [-0.2, 0) is 6.54 Å². The molecular formula is C14H26N4O. The van der Waals surface area contributed by atoms with Crippen LogP contribution >= 0.6 is 0 Å². The standard InChI is InChI=1S/C14H26N4O/c1-11-16-13(17-19-11)10-18-7-5-12(6-8-18)9-15-14(2,3)4/h12,15H,5-10H2,1-4H3. The second-order valence-electron chi connectivity index (χ2n) is 6.58. The molecular weight excluding hydrogens is 240 g/mol. The zero-order chi connectivity index (χ0) is 13.9. The average molecular weight is 266 g/mol. The summed E-state index contributed by atoms with van der Waals surface area (Å²) in [7, 11) is 0. The lowest BCUT2D eigenvalue weighted by atomic mass is 9.95. The summed E-state index contributed by atoms with van der Waals surface area (Å²) in [6, 6.07) is 0. The van der Waals surface area contributed by atoms with Crippen molar-refractivity contribution >= 4 is 0 Å². The van der Waals surface area contributed by atoms with Crippen molar-refractivity contribution in [1.29, 1.82) is 0 Å². The van der Waals surface area contributed by atoms with Gasteiger partial charge in [-0.3, -0.25) is 4.90 Å². The Hall–Kier alpha value is -0.940. The first-order chi connectivity index (χ1) is 8.92. The largest absolute Gasteiger partial charge is 0.340 e. The molecule has 1 saturated heterocycles. The van der Waals surface area contributed by atoms with Gasteiger partial charge in [-0.1, -0.05) is 5.16 Å². The van der Waals surface area contributed by atoms with E-state index < -0.39 is 0 Å². The number of nitrogens with one attached hydrogen (secondary N) is 1. The Kier molecular flexibility index (Phi) is 4.58. The second-order valence-corrected chi connectivity index (χ2v) is 6.58. The number of likely N-dealkylation sites (tertiary alicyclic amines) is 1. The first-order valence-corrected chi connectivity index (χ1v) is 7.19. The van der Waals surface area contributed by atoms with Crippen LogP contribution in [-0.4, -0.2) is 40.2 Å². The minimum absolute atomic E-state index is 0.222. The number of nitrogens with zero attached hydrogens (tertiary/aromatic N) is 3. The minimum Gasteiger partial charge on any atom is -0.340 e. The fourth-order valence-corrected chi connectivity index (χ4v) is 2.40. The van der Waals surface area contributed by atoms with Crippen LogP contribution in [0.1, 0.15) is 45.3 Å². The SMILES string of the molecule is Cc1nc(CN2CCC(CNC(C)(C)C)CC2)no1. The van der Waals surface area contributed by atoms with Gasteiger partial charge in [-0.2, -0.15) is 4.98 Å². The molecule has 1 aliphatic heterocycles. The minimum atomic E-state index is 0.222. The van der Waals surface area contributed by atoms with Crippen molar-refractivity contribution in [2.75, 3.05) is 19.6 Å². The molecule has 0 saturated carbocycles. The molecule has 0 spiro atoms. The molecule has 0 radical (unpaired) electrons. The van der Waals surface area contributed by atoms with Crippen molar-refractivity contribution in [3.8, 4) is 0 Å². The Morgan fingerprint density at radius 1 is 1.32 bits per heavy atom. The Labute approximate surface area is 115 Å². The molecule has 0 bridgehead atoms. The quantitative estimate of drug-likeness (QED) is 0.903. The summed E-state index contributed by atoms with van der Waals surface area (Å²) in [5.41, 5.74) is 0.222. The summed E-state index contributed by atoms with van der Waals surface area (Å²) in [5, 5.41) is 7.56. The molecule has 5 heteroatoms. The second kappa shape index (κ2) is 6.01. The van der Waals surface area contributed by atoms with Crippen LogP contribution in [0.5, 0.6) is 0 Å². The van der Waals surface area contributed by atoms with Crippen molar-refractivity contribution < 1.29 is 4.52 Å². The van der Waals surface area contributed by atoms with Crippen LogP contribution in [0.25, 0.3) is 0 Å². The van der Waals surface area contributed by atoms with Crippen molar-refractivity contribution in [2.24, 2.45) is 5.92 Å². The van der Waals surface area contributed by atoms with Crippen LogP contribution in [0.2, 0.25) is 0 Å². The van der Waals surface area contributed by atoms with Gasteiger partial charge in [0.05, 0.1) is 6.54 Å². The van der Waals surface area contributed by atoms with Gasteiger partial charge in [0.15, 0.2) is 5.82 Å². The van der Waals surface area contributed by atoms with E-state index in [4.69, 9.17) is 4.52 Å². The Morgan fingerprint density at radius 2 is 2.00 bits per heavy atom. The van der Waals surface area contributed by atoms with Gasteiger partial charge in [0.2, 0.25) is 5.89 Å². The van der Waals surface area contributed by atoms with Gasteiger partial charge in [-0.25, -0.2) is 0 Å². The van der Waals surface area contributed by atoms with Gasteiger partial charge >= 0.3 is 0 Å². The Morgan fingerprint density at radius 3 is 2.53 bits per heavy atom. The molecule has 1 aliphatic rings. The maximum atomic E-state index is 5.01. The smallest absolute Gasteiger partial charge is 0.223 e. The van der Waals surface area contributed by atoms with Crippen LogP contribution in [0, 0.1) is 12.8 Å².